The molecular formula is C9H12N4O4. The van der Waals surface area contributed by atoms with Crippen molar-refractivity contribution in [3.05, 3.63) is 18.6 Å². The first kappa shape index (κ1) is 12.8. The summed E-state index contributed by atoms with van der Waals surface area (Å²) in [7, 11) is 0. The number of anilines is 1. The zero-order valence-electron chi connectivity index (χ0n) is 8.99. The number of carboxylic acids is 1. The summed E-state index contributed by atoms with van der Waals surface area (Å²) in [5, 5.41) is 22.3. The number of carboxylic acid groups (broad SMARTS) is 1. The lowest BCUT2D eigenvalue weighted by molar-refractivity contribution is -0.141. The Bertz CT molecular complexity index is 395. The number of aromatic nitrogens is 2. The van der Waals surface area contributed by atoms with Crippen molar-refractivity contribution in [2.24, 2.45) is 0 Å². The number of rotatable bonds is 4. The standard InChI is InChI=1S/C9H12N4O4/c1-5(14)7(8(15)16)13-9(17)12-6-4-10-2-3-11-6/h2-5,7,14H,1H3,(H,15,16)(H2,11,12,13,17). The van der Waals surface area contributed by atoms with Gasteiger partial charge in [0.2, 0.25) is 0 Å². The first-order chi connectivity index (χ1) is 8.00. The van der Waals surface area contributed by atoms with Gasteiger partial charge in [-0.2, -0.15) is 0 Å². The molecule has 0 aromatic carbocycles. The monoisotopic (exact) mass is 240 g/mol. The topological polar surface area (TPSA) is 124 Å². The zero-order chi connectivity index (χ0) is 12.8. The molecular weight excluding hydrogens is 228 g/mol. The Kier molecular flexibility index (Phi) is 4.35. The predicted molar refractivity (Wildman–Crippen MR) is 57.3 cm³/mol. The van der Waals surface area contributed by atoms with Crippen molar-refractivity contribution < 1.29 is 19.8 Å². The van der Waals surface area contributed by atoms with Crippen LogP contribution in [0.25, 0.3) is 0 Å². The number of nitrogens with one attached hydrogen (secondary N) is 2. The van der Waals surface area contributed by atoms with Crippen LogP contribution in [0.3, 0.4) is 0 Å². The van der Waals surface area contributed by atoms with Crippen LogP contribution in [-0.2, 0) is 4.79 Å². The summed E-state index contributed by atoms with van der Waals surface area (Å²) in [5.74, 6) is -1.14. The van der Waals surface area contributed by atoms with E-state index in [1.54, 1.807) is 0 Å². The molecule has 8 heteroatoms. The largest absolute Gasteiger partial charge is 0.480 e. The van der Waals surface area contributed by atoms with Crippen molar-refractivity contribution in [2.45, 2.75) is 19.1 Å². The highest BCUT2D eigenvalue weighted by Gasteiger charge is 2.24. The van der Waals surface area contributed by atoms with E-state index in [1.165, 1.54) is 25.5 Å². The number of amides is 2. The number of hydrogen-bond acceptors (Lipinski definition) is 5. The van der Waals surface area contributed by atoms with Gasteiger partial charge < -0.3 is 15.5 Å². The van der Waals surface area contributed by atoms with Gasteiger partial charge in [0.1, 0.15) is 0 Å². The van der Waals surface area contributed by atoms with E-state index in [2.05, 4.69) is 20.6 Å². The Hall–Kier alpha value is -2.22. The normalized spacial score (nSPS) is 13.5. The molecule has 0 saturated heterocycles. The third kappa shape index (κ3) is 4.03. The van der Waals surface area contributed by atoms with Crippen LogP contribution in [-0.4, -0.2) is 44.3 Å². The molecule has 0 radical (unpaired) electrons. The average Bonchev–Trinajstić information content (AvgIpc) is 2.26. The molecule has 0 aliphatic heterocycles. The van der Waals surface area contributed by atoms with Crippen LogP contribution < -0.4 is 10.6 Å². The minimum absolute atomic E-state index is 0.180. The Balaban J connectivity index is 2.57. The third-order valence-corrected chi connectivity index (χ3v) is 1.84. The van der Waals surface area contributed by atoms with Crippen LogP contribution in [0, 0.1) is 0 Å². The number of urea groups is 1. The van der Waals surface area contributed by atoms with E-state index in [9.17, 15) is 9.59 Å². The predicted octanol–water partition coefficient (Wildman–Crippen LogP) is -0.568. The SMILES string of the molecule is CC(O)C(NC(=O)Nc1cnccn1)C(=O)O. The van der Waals surface area contributed by atoms with Crippen LogP contribution in [0.2, 0.25) is 0 Å². The second-order valence-electron chi connectivity index (χ2n) is 3.25. The molecule has 1 aromatic heterocycles. The number of aliphatic carboxylic acids is 1. The van der Waals surface area contributed by atoms with Gasteiger partial charge in [-0.25, -0.2) is 14.6 Å². The van der Waals surface area contributed by atoms with E-state index in [0.29, 0.717) is 0 Å². The number of carbonyl (C=O) groups is 2. The summed E-state index contributed by atoms with van der Waals surface area (Å²) >= 11 is 0. The van der Waals surface area contributed by atoms with Gasteiger partial charge >= 0.3 is 12.0 Å². The van der Waals surface area contributed by atoms with Crippen LogP contribution in [0.5, 0.6) is 0 Å². The fourth-order valence-electron chi connectivity index (χ4n) is 1.05. The van der Waals surface area contributed by atoms with Crippen molar-refractivity contribution in [2.75, 3.05) is 5.32 Å². The average molecular weight is 240 g/mol. The third-order valence-electron chi connectivity index (χ3n) is 1.84. The maximum Gasteiger partial charge on any atom is 0.328 e. The summed E-state index contributed by atoms with van der Waals surface area (Å²) in [6.45, 7) is 1.27. The van der Waals surface area contributed by atoms with Crippen molar-refractivity contribution in [1.82, 2.24) is 15.3 Å². The van der Waals surface area contributed by atoms with Gasteiger partial charge in [-0.15, -0.1) is 0 Å². The molecule has 1 heterocycles. The molecule has 0 fully saturated rings. The van der Waals surface area contributed by atoms with Crippen molar-refractivity contribution in [1.29, 1.82) is 0 Å². The highest BCUT2D eigenvalue weighted by Crippen LogP contribution is 1.98. The smallest absolute Gasteiger partial charge is 0.328 e. The van der Waals surface area contributed by atoms with Gasteiger partial charge in [0.05, 0.1) is 12.3 Å². The van der Waals surface area contributed by atoms with Crippen LogP contribution in [0.1, 0.15) is 6.92 Å². The van der Waals surface area contributed by atoms with Gasteiger partial charge in [-0.05, 0) is 6.92 Å². The number of hydrogen-bond donors (Lipinski definition) is 4. The molecule has 0 aliphatic carbocycles. The van der Waals surface area contributed by atoms with Crippen molar-refractivity contribution in [3.8, 4) is 0 Å². The van der Waals surface area contributed by atoms with E-state index < -0.39 is 24.1 Å². The summed E-state index contributed by atoms with van der Waals surface area (Å²) in [6, 6.07) is -2.16. The van der Waals surface area contributed by atoms with Crippen molar-refractivity contribution >= 4 is 17.8 Å². The molecule has 2 atom stereocenters. The molecule has 2 unspecified atom stereocenters. The molecule has 0 spiro atoms. The molecule has 92 valence electrons. The molecule has 2 amide bonds. The lowest BCUT2D eigenvalue weighted by Crippen LogP contribution is -2.49. The van der Waals surface area contributed by atoms with Gasteiger partial charge in [0, 0.05) is 12.4 Å². The summed E-state index contributed by atoms with van der Waals surface area (Å²) < 4.78 is 0. The van der Waals surface area contributed by atoms with E-state index >= 15 is 0 Å². The van der Waals surface area contributed by atoms with Gasteiger partial charge in [0.15, 0.2) is 11.9 Å². The highest BCUT2D eigenvalue weighted by atomic mass is 16.4. The minimum Gasteiger partial charge on any atom is -0.480 e. The fourth-order valence-corrected chi connectivity index (χ4v) is 1.05. The number of aliphatic hydroxyl groups excluding tert-OH is 1. The van der Waals surface area contributed by atoms with E-state index in [1.807, 2.05) is 0 Å². The molecule has 0 bridgehead atoms. The van der Waals surface area contributed by atoms with E-state index in [-0.39, 0.29) is 5.82 Å². The highest BCUT2D eigenvalue weighted by molar-refractivity contribution is 5.91. The van der Waals surface area contributed by atoms with Gasteiger partial charge in [-0.1, -0.05) is 0 Å². The summed E-state index contributed by atoms with van der Waals surface area (Å²) in [6.07, 6.45) is 2.90. The van der Waals surface area contributed by atoms with Gasteiger partial charge in [-0.3, -0.25) is 10.3 Å². The molecule has 0 aliphatic rings. The molecule has 0 saturated carbocycles. The van der Waals surface area contributed by atoms with Gasteiger partial charge in [0.25, 0.3) is 0 Å². The number of aliphatic hydroxyl groups is 1. The Morgan fingerprint density at radius 2 is 2.12 bits per heavy atom. The van der Waals surface area contributed by atoms with E-state index in [0.717, 1.165) is 0 Å². The van der Waals surface area contributed by atoms with Crippen LogP contribution in [0.4, 0.5) is 10.6 Å². The molecule has 1 aromatic rings. The number of carbonyl (C=O) groups excluding carboxylic acids is 1. The Morgan fingerprint density at radius 1 is 1.41 bits per heavy atom. The molecule has 1 rings (SSSR count). The lowest BCUT2D eigenvalue weighted by atomic mass is 10.2. The maximum absolute atomic E-state index is 11.4. The lowest BCUT2D eigenvalue weighted by Gasteiger charge is -2.16. The summed E-state index contributed by atoms with van der Waals surface area (Å²) in [5.41, 5.74) is 0. The quantitative estimate of drug-likeness (QED) is 0.558. The molecule has 8 nitrogen and oxygen atoms in total. The van der Waals surface area contributed by atoms with E-state index in [4.69, 9.17) is 10.2 Å². The zero-order valence-corrected chi connectivity index (χ0v) is 8.99. The fraction of sp³-hybridized carbons (Fsp3) is 0.333. The minimum atomic E-state index is -1.38. The molecule has 4 N–H and O–H groups in total. The second-order valence-corrected chi connectivity index (χ2v) is 3.25. The van der Waals surface area contributed by atoms with Crippen molar-refractivity contribution in [3.63, 3.8) is 0 Å². The maximum atomic E-state index is 11.4. The van der Waals surface area contributed by atoms with Crippen LogP contribution in [0.15, 0.2) is 18.6 Å². The molecule has 17 heavy (non-hydrogen) atoms. The van der Waals surface area contributed by atoms with Crippen LogP contribution >= 0.6 is 0 Å². The number of nitrogens with zero attached hydrogens (tertiary/aromatic N) is 2. The Morgan fingerprint density at radius 3 is 2.59 bits per heavy atom. The first-order valence-electron chi connectivity index (χ1n) is 4.75. The Labute approximate surface area is 96.7 Å². The second kappa shape index (κ2) is 5.75. The summed E-state index contributed by atoms with van der Waals surface area (Å²) in [4.78, 5) is 29.6. The first-order valence-corrected chi connectivity index (χ1v) is 4.75.